The molecule has 0 spiro atoms. The van der Waals surface area contributed by atoms with Crippen LogP contribution in [0.15, 0.2) is 54.9 Å². The predicted octanol–water partition coefficient (Wildman–Crippen LogP) is 3.49. The summed E-state index contributed by atoms with van der Waals surface area (Å²) in [5, 5.41) is 26.9. The highest BCUT2D eigenvalue weighted by atomic mass is 16.6. The van der Waals surface area contributed by atoms with Crippen molar-refractivity contribution in [2.24, 2.45) is 5.92 Å². The van der Waals surface area contributed by atoms with Gasteiger partial charge in [0.2, 0.25) is 5.95 Å². The van der Waals surface area contributed by atoms with Crippen molar-refractivity contribution in [3.05, 3.63) is 70.5 Å². The summed E-state index contributed by atoms with van der Waals surface area (Å²) < 4.78 is 0. The summed E-state index contributed by atoms with van der Waals surface area (Å²) in [5.41, 5.74) is 2.53. The van der Waals surface area contributed by atoms with Gasteiger partial charge in [0.25, 0.3) is 5.69 Å². The van der Waals surface area contributed by atoms with Crippen LogP contribution in [0.1, 0.15) is 19.4 Å². The monoisotopic (exact) mass is 408 g/mol. The van der Waals surface area contributed by atoms with Crippen molar-refractivity contribution >= 4 is 17.5 Å². The van der Waals surface area contributed by atoms with Gasteiger partial charge in [0, 0.05) is 42.7 Å². The molecule has 0 aliphatic rings. The lowest BCUT2D eigenvalue weighted by atomic mass is 10.1. The fourth-order valence-electron chi connectivity index (χ4n) is 2.79. The van der Waals surface area contributed by atoms with Crippen LogP contribution < -0.4 is 10.6 Å². The number of nitrogens with zero attached hydrogens (tertiary/aromatic N) is 4. The second kappa shape index (κ2) is 9.75. The van der Waals surface area contributed by atoms with Gasteiger partial charge in [-0.3, -0.25) is 15.1 Å². The number of anilines is 2. The van der Waals surface area contributed by atoms with Crippen molar-refractivity contribution in [3.63, 3.8) is 0 Å². The van der Waals surface area contributed by atoms with Gasteiger partial charge >= 0.3 is 0 Å². The smallest absolute Gasteiger partial charge is 0.269 e. The minimum atomic E-state index is -0.424. The number of rotatable bonds is 9. The highest BCUT2D eigenvalue weighted by Crippen LogP contribution is 2.22. The van der Waals surface area contributed by atoms with E-state index >= 15 is 0 Å². The summed E-state index contributed by atoms with van der Waals surface area (Å²) in [7, 11) is 0. The minimum Gasteiger partial charge on any atom is -0.394 e. The molecule has 0 saturated heterocycles. The first kappa shape index (κ1) is 21.1. The average molecular weight is 408 g/mol. The van der Waals surface area contributed by atoms with Crippen molar-refractivity contribution in [3.8, 4) is 11.3 Å². The number of hydrogen-bond donors (Lipinski definition) is 3. The largest absolute Gasteiger partial charge is 0.394 e. The first-order chi connectivity index (χ1) is 14.5. The molecule has 0 amide bonds. The van der Waals surface area contributed by atoms with E-state index in [0.717, 1.165) is 11.1 Å². The molecule has 0 aliphatic carbocycles. The van der Waals surface area contributed by atoms with E-state index in [1.165, 1.54) is 12.1 Å². The molecule has 0 radical (unpaired) electrons. The molecule has 2 aromatic heterocycles. The van der Waals surface area contributed by atoms with Crippen molar-refractivity contribution in [1.82, 2.24) is 15.0 Å². The number of non-ortho nitro benzene ring substituents is 1. The van der Waals surface area contributed by atoms with Crippen LogP contribution in [0.4, 0.5) is 17.5 Å². The fraction of sp³-hybridized carbons (Fsp3) is 0.286. The second-order valence-corrected chi connectivity index (χ2v) is 7.15. The molecule has 2 heterocycles. The van der Waals surface area contributed by atoms with Crippen LogP contribution in [0.2, 0.25) is 0 Å². The van der Waals surface area contributed by atoms with E-state index in [0.29, 0.717) is 24.0 Å². The van der Waals surface area contributed by atoms with Crippen LogP contribution in [0.5, 0.6) is 0 Å². The Kier molecular flexibility index (Phi) is 6.87. The summed E-state index contributed by atoms with van der Waals surface area (Å²) in [4.78, 5) is 23.5. The summed E-state index contributed by atoms with van der Waals surface area (Å²) in [5.74, 6) is 1.20. The minimum absolute atomic E-state index is 0.0356. The summed E-state index contributed by atoms with van der Waals surface area (Å²) >= 11 is 0. The van der Waals surface area contributed by atoms with E-state index in [1.54, 1.807) is 24.5 Å². The van der Waals surface area contributed by atoms with Gasteiger partial charge in [-0.1, -0.05) is 26.0 Å². The Bertz CT molecular complexity index is 980. The lowest BCUT2D eigenvalue weighted by Gasteiger charge is -2.20. The van der Waals surface area contributed by atoms with Crippen LogP contribution in [0.3, 0.4) is 0 Å². The Labute approximate surface area is 174 Å². The Morgan fingerprint density at radius 1 is 1.10 bits per heavy atom. The Morgan fingerprint density at radius 3 is 2.40 bits per heavy atom. The zero-order valence-corrected chi connectivity index (χ0v) is 16.8. The van der Waals surface area contributed by atoms with Gasteiger partial charge in [-0.15, -0.1) is 0 Å². The fourth-order valence-corrected chi connectivity index (χ4v) is 2.79. The topological polar surface area (TPSA) is 126 Å². The summed E-state index contributed by atoms with van der Waals surface area (Å²) in [6.07, 6.45) is 3.39. The highest BCUT2D eigenvalue weighted by Gasteiger charge is 2.15. The number of hydrogen-bond acceptors (Lipinski definition) is 8. The second-order valence-electron chi connectivity index (χ2n) is 7.15. The quantitative estimate of drug-likeness (QED) is 0.363. The van der Waals surface area contributed by atoms with Crippen molar-refractivity contribution in [2.45, 2.75) is 26.4 Å². The molecule has 3 N–H and O–H groups in total. The number of aliphatic hydroxyl groups excluding tert-OH is 1. The molecule has 9 heteroatoms. The predicted molar refractivity (Wildman–Crippen MR) is 115 cm³/mol. The Hall–Kier alpha value is -3.59. The van der Waals surface area contributed by atoms with E-state index < -0.39 is 4.92 Å². The number of benzene rings is 1. The van der Waals surface area contributed by atoms with E-state index in [-0.39, 0.29) is 24.3 Å². The molecule has 3 rings (SSSR count). The molecular weight excluding hydrogens is 384 g/mol. The molecule has 1 atom stereocenters. The highest BCUT2D eigenvalue weighted by molar-refractivity contribution is 5.64. The first-order valence-corrected chi connectivity index (χ1v) is 9.60. The maximum atomic E-state index is 10.8. The SMILES string of the molecule is CC(C)[C@@H](CO)Nc1nc(NCc2ccc([N+](=O)[O-])cc2)cc(-c2ccncc2)n1. The van der Waals surface area contributed by atoms with E-state index in [1.807, 2.05) is 32.0 Å². The van der Waals surface area contributed by atoms with Crippen LogP contribution >= 0.6 is 0 Å². The van der Waals surface area contributed by atoms with Crippen LogP contribution in [-0.2, 0) is 6.54 Å². The molecule has 30 heavy (non-hydrogen) atoms. The van der Waals surface area contributed by atoms with Gasteiger partial charge in [-0.25, -0.2) is 4.98 Å². The molecule has 3 aromatic rings. The summed E-state index contributed by atoms with van der Waals surface area (Å²) in [6.45, 7) is 4.42. The zero-order valence-electron chi connectivity index (χ0n) is 16.8. The standard InChI is InChI=1S/C21H24N6O3/c1-14(2)19(13-28)25-21-24-18(16-7-9-22-10-8-16)11-20(26-21)23-12-15-3-5-17(6-4-15)27(29)30/h3-11,14,19,28H,12-13H2,1-2H3,(H2,23,24,25,26)/t19-/m1/s1. The third-order valence-corrected chi connectivity index (χ3v) is 4.64. The molecule has 156 valence electrons. The van der Waals surface area contributed by atoms with Crippen LogP contribution in [0.25, 0.3) is 11.3 Å². The molecule has 0 unspecified atom stereocenters. The van der Waals surface area contributed by atoms with Gasteiger partial charge in [0.15, 0.2) is 0 Å². The van der Waals surface area contributed by atoms with Crippen LogP contribution in [-0.4, -0.2) is 37.6 Å². The average Bonchev–Trinajstić information content (AvgIpc) is 2.76. The Morgan fingerprint density at radius 2 is 1.80 bits per heavy atom. The van der Waals surface area contributed by atoms with Gasteiger partial charge < -0.3 is 15.7 Å². The lowest BCUT2D eigenvalue weighted by molar-refractivity contribution is -0.384. The van der Waals surface area contributed by atoms with Gasteiger partial charge in [0.05, 0.1) is 23.3 Å². The van der Waals surface area contributed by atoms with E-state index in [4.69, 9.17) is 0 Å². The van der Waals surface area contributed by atoms with Crippen molar-refractivity contribution in [1.29, 1.82) is 0 Å². The molecule has 1 aromatic carbocycles. The normalized spacial score (nSPS) is 11.9. The molecule has 0 aliphatic heterocycles. The number of aliphatic hydroxyl groups is 1. The maximum Gasteiger partial charge on any atom is 0.269 e. The van der Waals surface area contributed by atoms with Crippen molar-refractivity contribution in [2.75, 3.05) is 17.2 Å². The molecular formula is C21H24N6O3. The van der Waals surface area contributed by atoms with E-state index in [9.17, 15) is 15.2 Å². The number of nitro benzene ring substituents is 1. The third-order valence-electron chi connectivity index (χ3n) is 4.64. The molecule has 0 saturated carbocycles. The van der Waals surface area contributed by atoms with Crippen molar-refractivity contribution < 1.29 is 10.0 Å². The van der Waals surface area contributed by atoms with Crippen LogP contribution in [0, 0.1) is 16.0 Å². The number of nitro groups is 1. The van der Waals surface area contributed by atoms with Gasteiger partial charge in [0.1, 0.15) is 5.82 Å². The summed E-state index contributed by atoms with van der Waals surface area (Å²) in [6, 6.07) is 11.7. The van der Waals surface area contributed by atoms with Gasteiger partial charge in [-0.2, -0.15) is 4.98 Å². The lowest BCUT2D eigenvalue weighted by Crippen LogP contribution is -2.30. The first-order valence-electron chi connectivity index (χ1n) is 9.60. The molecule has 0 bridgehead atoms. The Balaban J connectivity index is 1.84. The molecule has 9 nitrogen and oxygen atoms in total. The number of aromatic nitrogens is 3. The maximum absolute atomic E-state index is 10.8. The van der Waals surface area contributed by atoms with E-state index in [2.05, 4.69) is 25.6 Å². The van der Waals surface area contributed by atoms with Gasteiger partial charge in [-0.05, 0) is 23.6 Å². The third kappa shape index (κ3) is 5.48. The zero-order chi connectivity index (χ0) is 21.5. The molecule has 0 fully saturated rings. The number of nitrogens with one attached hydrogen (secondary N) is 2. The number of pyridine rings is 1.